The van der Waals surface area contributed by atoms with Crippen LogP contribution in [0.25, 0.3) is 38.1 Å². The van der Waals surface area contributed by atoms with E-state index in [1.54, 1.807) is 12.3 Å². The Morgan fingerprint density at radius 2 is 1.94 bits per heavy atom. The number of H-pyrrole nitrogens is 1. The minimum atomic E-state index is -0.271. The lowest BCUT2D eigenvalue weighted by molar-refractivity contribution is 0.596. The van der Waals surface area contributed by atoms with Crippen molar-refractivity contribution >= 4 is 55.5 Å². The highest BCUT2D eigenvalue weighted by Gasteiger charge is 2.28. The van der Waals surface area contributed by atoms with Gasteiger partial charge in [-0.2, -0.15) is 5.10 Å². The first-order valence-electron chi connectivity index (χ1n) is 12.3. The molecule has 36 heavy (non-hydrogen) atoms. The molecule has 0 aliphatic carbocycles. The van der Waals surface area contributed by atoms with Gasteiger partial charge in [-0.1, -0.05) is 43.6 Å². The number of fused-ring (bicyclic) bond motifs is 10. The molecule has 2 aromatic carbocycles. The van der Waals surface area contributed by atoms with Crippen LogP contribution in [0.5, 0.6) is 0 Å². The van der Waals surface area contributed by atoms with Gasteiger partial charge < -0.3 is 9.88 Å². The predicted octanol–water partition coefficient (Wildman–Crippen LogP) is 7.30. The Morgan fingerprint density at radius 1 is 1.08 bits per heavy atom. The van der Waals surface area contributed by atoms with Crippen LogP contribution in [-0.4, -0.2) is 26.1 Å². The first kappa shape index (κ1) is 21.6. The number of aryl methyl sites for hydroxylation is 1. The fourth-order valence-corrected chi connectivity index (χ4v) is 6.05. The summed E-state index contributed by atoms with van der Waals surface area (Å²) in [6.07, 6.45) is 4.45. The van der Waals surface area contributed by atoms with E-state index in [4.69, 9.17) is 16.7 Å². The highest BCUT2D eigenvalue weighted by Crippen LogP contribution is 2.41. The molecule has 0 saturated heterocycles. The Hall–Kier alpha value is -3.64. The molecule has 0 radical (unpaired) electrons. The second kappa shape index (κ2) is 7.68. The summed E-state index contributed by atoms with van der Waals surface area (Å²) in [6.45, 7) is 7.43. The smallest absolute Gasteiger partial charge is 0.165 e. The van der Waals surface area contributed by atoms with Crippen molar-refractivity contribution in [3.63, 3.8) is 0 Å². The van der Waals surface area contributed by atoms with Crippen molar-refractivity contribution in [1.82, 2.24) is 19.6 Å². The van der Waals surface area contributed by atoms with E-state index in [1.807, 2.05) is 24.9 Å². The van der Waals surface area contributed by atoms with E-state index < -0.39 is 0 Å². The van der Waals surface area contributed by atoms with E-state index in [0.717, 1.165) is 66.9 Å². The molecule has 1 N–H and O–H groups in total. The lowest BCUT2D eigenvalue weighted by Crippen LogP contribution is -2.31. The van der Waals surface area contributed by atoms with Crippen LogP contribution >= 0.6 is 11.6 Å². The molecule has 7 heteroatoms. The van der Waals surface area contributed by atoms with Crippen molar-refractivity contribution in [3.8, 4) is 0 Å². The molecule has 1 aliphatic rings. The number of hydrogen-bond acceptors (Lipinski definition) is 3. The third-order valence-corrected chi connectivity index (χ3v) is 7.91. The van der Waals surface area contributed by atoms with Crippen molar-refractivity contribution in [3.05, 3.63) is 82.0 Å². The van der Waals surface area contributed by atoms with Crippen LogP contribution in [0.2, 0.25) is 5.02 Å². The zero-order valence-electron chi connectivity index (χ0n) is 20.4. The monoisotopic (exact) mass is 497 g/mol. The van der Waals surface area contributed by atoms with Crippen molar-refractivity contribution in [2.45, 2.75) is 39.7 Å². The normalized spacial score (nSPS) is 14.1. The SMILES string of the molecule is Cc1cccc2c3cc(Cl)c4[nH]ccc4c3c3c4c(nn3c12)CCN(c1ncc(C(C)C)cc1F)C4. The molecule has 6 aromatic rings. The van der Waals surface area contributed by atoms with Gasteiger partial charge >= 0.3 is 0 Å². The maximum Gasteiger partial charge on any atom is 0.165 e. The van der Waals surface area contributed by atoms with Gasteiger partial charge in [-0.3, -0.25) is 0 Å². The van der Waals surface area contributed by atoms with Gasteiger partial charge in [0.25, 0.3) is 0 Å². The summed E-state index contributed by atoms with van der Waals surface area (Å²) in [5, 5.41) is 10.2. The second-order valence-electron chi connectivity index (χ2n) is 10.1. The topological polar surface area (TPSA) is 49.2 Å². The minimum Gasteiger partial charge on any atom is -0.360 e. The number of hydrogen-bond donors (Lipinski definition) is 1. The number of pyridine rings is 2. The zero-order chi connectivity index (χ0) is 24.7. The van der Waals surface area contributed by atoms with E-state index in [-0.39, 0.29) is 11.7 Å². The number of nitrogens with one attached hydrogen (secondary N) is 1. The molecule has 5 heterocycles. The first-order valence-corrected chi connectivity index (χ1v) is 12.7. The number of para-hydroxylation sites is 1. The molecule has 5 nitrogen and oxygen atoms in total. The summed E-state index contributed by atoms with van der Waals surface area (Å²) in [5.41, 5.74) is 7.29. The highest BCUT2D eigenvalue weighted by molar-refractivity contribution is 6.39. The van der Waals surface area contributed by atoms with Gasteiger partial charge in [0.05, 0.1) is 27.3 Å². The molecule has 0 spiro atoms. The Bertz CT molecular complexity index is 1850. The molecule has 1 aliphatic heterocycles. The first-order chi connectivity index (χ1) is 17.4. The number of aromatic nitrogens is 4. The number of anilines is 1. The van der Waals surface area contributed by atoms with Crippen LogP contribution in [0.15, 0.2) is 48.8 Å². The van der Waals surface area contributed by atoms with E-state index in [0.29, 0.717) is 23.9 Å². The van der Waals surface area contributed by atoms with Crippen LogP contribution < -0.4 is 4.90 Å². The fourth-order valence-electron chi connectivity index (χ4n) is 5.78. The third-order valence-electron chi connectivity index (χ3n) is 7.62. The molecule has 0 atom stereocenters. The highest BCUT2D eigenvalue weighted by atomic mass is 35.5. The van der Waals surface area contributed by atoms with Gasteiger partial charge in [0, 0.05) is 53.6 Å². The summed E-state index contributed by atoms with van der Waals surface area (Å²) < 4.78 is 17.3. The summed E-state index contributed by atoms with van der Waals surface area (Å²) in [5.74, 6) is 0.361. The summed E-state index contributed by atoms with van der Waals surface area (Å²) in [4.78, 5) is 9.89. The van der Waals surface area contributed by atoms with Gasteiger partial charge in [-0.25, -0.2) is 13.9 Å². The van der Waals surface area contributed by atoms with E-state index in [9.17, 15) is 0 Å². The fraction of sp³-hybridized carbons (Fsp3) is 0.241. The van der Waals surface area contributed by atoms with Gasteiger partial charge in [0.1, 0.15) is 0 Å². The maximum atomic E-state index is 15.2. The average Bonchev–Trinajstić information content (AvgIpc) is 3.49. The molecule has 0 amide bonds. The molecule has 7 rings (SSSR count). The number of aromatic amines is 1. The van der Waals surface area contributed by atoms with Gasteiger partial charge in [-0.05, 0) is 47.6 Å². The molecular weight excluding hydrogens is 473 g/mol. The van der Waals surface area contributed by atoms with E-state index in [2.05, 4.69) is 51.7 Å². The third kappa shape index (κ3) is 2.94. The lowest BCUT2D eigenvalue weighted by Gasteiger charge is -2.28. The predicted molar refractivity (Wildman–Crippen MR) is 145 cm³/mol. The number of benzene rings is 2. The Balaban J connectivity index is 1.53. The van der Waals surface area contributed by atoms with Gasteiger partial charge in [0.15, 0.2) is 11.6 Å². The van der Waals surface area contributed by atoms with Crippen LogP contribution in [0.3, 0.4) is 0 Å². The molecule has 0 fully saturated rings. The average molecular weight is 498 g/mol. The lowest BCUT2D eigenvalue weighted by atomic mass is 9.97. The molecule has 180 valence electrons. The molecule has 0 bridgehead atoms. The Morgan fingerprint density at radius 3 is 2.75 bits per heavy atom. The molecule has 0 saturated carbocycles. The van der Waals surface area contributed by atoms with Crippen LogP contribution in [0, 0.1) is 12.7 Å². The van der Waals surface area contributed by atoms with E-state index in [1.165, 1.54) is 0 Å². The standard InChI is InChI=1S/C29H25ClFN5/c1-15(2)17-11-23(31)29(33-13-17)35-10-8-24-21(14-35)28-25-19-7-9-32-26(19)22(30)12-20(25)18-6-4-5-16(3)27(18)36(28)34-24/h4-7,9,11-13,15,32H,8,10,14H2,1-3H3. The quantitative estimate of drug-likeness (QED) is 0.255. The minimum absolute atomic E-state index is 0.229. The maximum absolute atomic E-state index is 15.2. The van der Waals surface area contributed by atoms with Crippen molar-refractivity contribution in [1.29, 1.82) is 0 Å². The van der Waals surface area contributed by atoms with Gasteiger partial charge in [0.2, 0.25) is 0 Å². The molecule has 0 unspecified atom stereocenters. The summed E-state index contributed by atoms with van der Waals surface area (Å²) >= 11 is 6.73. The number of rotatable bonds is 2. The van der Waals surface area contributed by atoms with Crippen LogP contribution in [0.1, 0.15) is 42.1 Å². The number of nitrogens with zero attached hydrogens (tertiary/aromatic N) is 4. The molecular formula is C29H25ClFN5. The Labute approximate surface area is 212 Å². The number of halogens is 2. The zero-order valence-corrected chi connectivity index (χ0v) is 21.1. The van der Waals surface area contributed by atoms with Crippen molar-refractivity contribution in [2.75, 3.05) is 11.4 Å². The van der Waals surface area contributed by atoms with Gasteiger partial charge in [-0.15, -0.1) is 0 Å². The van der Waals surface area contributed by atoms with Crippen molar-refractivity contribution < 1.29 is 4.39 Å². The van der Waals surface area contributed by atoms with Crippen molar-refractivity contribution in [2.24, 2.45) is 0 Å². The summed E-state index contributed by atoms with van der Waals surface area (Å²) in [7, 11) is 0. The molecule has 4 aromatic heterocycles. The second-order valence-corrected chi connectivity index (χ2v) is 10.5. The van der Waals surface area contributed by atoms with Crippen LogP contribution in [0.4, 0.5) is 10.2 Å². The van der Waals surface area contributed by atoms with Crippen LogP contribution in [-0.2, 0) is 13.0 Å². The van der Waals surface area contributed by atoms with E-state index >= 15 is 4.39 Å². The Kier molecular flexibility index (Phi) is 4.61. The summed E-state index contributed by atoms with van der Waals surface area (Å²) in [6, 6.07) is 12.1. The largest absolute Gasteiger partial charge is 0.360 e.